The van der Waals surface area contributed by atoms with Crippen molar-refractivity contribution in [3.8, 4) is 11.5 Å². The first kappa shape index (κ1) is 28.3. The first-order chi connectivity index (χ1) is 17.2. The van der Waals surface area contributed by atoms with Gasteiger partial charge >= 0.3 is 0 Å². The summed E-state index contributed by atoms with van der Waals surface area (Å²) in [6.45, 7) is 16.5. The normalized spacial score (nSPS) is 11.5. The van der Waals surface area contributed by atoms with Crippen molar-refractivity contribution in [2.24, 2.45) is 0 Å². The van der Waals surface area contributed by atoms with Gasteiger partial charge in [-0.2, -0.15) is 0 Å². The van der Waals surface area contributed by atoms with E-state index < -0.39 is 8.07 Å². The first-order valence-corrected chi connectivity index (χ1v) is 16.5. The summed E-state index contributed by atoms with van der Waals surface area (Å²) in [5.74, 6) is 3.67. The molecule has 188 valence electrons. The Bertz CT molecular complexity index is 1290. The second kappa shape index (κ2) is 12.8. The van der Waals surface area contributed by atoms with E-state index in [9.17, 15) is 0 Å². The van der Waals surface area contributed by atoms with Gasteiger partial charge in [0.05, 0.1) is 0 Å². The van der Waals surface area contributed by atoms with Crippen LogP contribution >= 0.6 is 15.9 Å². The van der Waals surface area contributed by atoms with Crippen molar-refractivity contribution < 1.29 is 0 Å². The Balaban J connectivity index is 2.15. The van der Waals surface area contributed by atoms with Gasteiger partial charge in [-0.15, -0.1) is 11.3 Å². The van der Waals surface area contributed by atoms with Crippen LogP contribution < -0.4 is 0 Å². The third kappa shape index (κ3) is 6.15. The van der Waals surface area contributed by atoms with E-state index in [1.165, 1.54) is 21.9 Å². The molecule has 0 unspecified atom stereocenters. The van der Waals surface area contributed by atoms with Gasteiger partial charge in [0, 0.05) is 15.6 Å². The summed E-state index contributed by atoms with van der Waals surface area (Å²) in [7, 11) is -1.79. The monoisotopic (exact) mass is 556 g/mol. The Morgan fingerprint density at radius 3 is 2.08 bits per heavy atom. The quantitative estimate of drug-likeness (QED) is 0.147. The van der Waals surface area contributed by atoms with Crippen molar-refractivity contribution in [1.29, 1.82) is 0 Å². The van der Waals surface area contributed by atoms with Crippen molar-refractivity contribution in [2.75, 3.05) is 0 Å². The van der Waals surface area contributed by atoms with Gasteiger partial charge in [-0.25, -0.2) is 0 Å². The van der Waals surface area contributed by atoms with Gasteiger partial charge in [0.2, 0.25) is 0 Å². The molecule has 0 heterocycles. The van der Waals surface area contributed by atoms with E-state index in [0.717, 1.165) is 34.9 Å². The van der Waals surface area contributed by atoms with Crippen LogP contribution in [0, 0.1) is 11.5 Å². The maximum atomic E-state index is 3.90. The number of unbranched alkanes of at least 4 members (excludes halogenated alkanes) is 1. The predicted octanol–water partition coefficient (Wildman–Crippen LogP) is 11.1. The molecule has 36 heavy (non-hydrogen) atoms. The van der Waals surface area contributed by atoms with Crippen molar-refractivity contribution in [1.82, 2.24) is 0 Å². The SMILES string of the molecule is CCCCC(=C=Cc1ccccc1C#C[Si](C(C)C)(C(C)C)C(C)C)c1ccc(Br)c2ccccc12. The lowest BCUT2D eigenvalue weighted by Crippen LogP contribution is -2.43. The minimum atomic E-state index is -1.79. The lowest BCUT2D eigenvalue weighted by molar-refractivity contribution is 0.825. The lowest BCUT2D eigenvalue weighted by Gasteiger charge is -2.38. The molecule has 0 amide bonds. The molecule has 0 aliphatic carbocycles. The molecule has 2 heteroatoms. The summed E-state index contributed by atoms with van der Waals surface area (Å²) in [4.78, 5) is 0. The van der Waals surface area contributed by atoms with Gasteiger partial charge in [-0.05, 0) is 69.6 Å². The average Bonchev–Trinajstić information content (AvgIpc) is 2.85. The zero-order chi connectivity index (χ0) is 26.3. The van der Waals surface area contributed by atoms with Crippen LogP contribution in [0.2, 0.25) is 16.6 Å². The molecular weight excluding hydrogens is 516 g/mol. The molecule has 3 aromatic rings. The minimum absolute atomic E-state index is 0.624. The second-order valence-electron chi connectivity index (χ2n) is 10.7. The number of hydrogen-bond acceptors (Lipinski definition) is 0. The van der Waals surface area contributed by atoms with E-state index in [0.29, 0.717) is 16.6 Å². The number of allylic oxidation sites excluding steroid dienone is 1. The lowest BCUT2D eigenvalue weighted by atomic mass is 9.95. The summed E-state index contributed by atoms with van der Waals surface area (Å²) in [6.07, 6.45) is 5.48. The van der Waals surface area contributed by atoms with E-state index in [4.69, 9.17) is 0 Å². The summed E-state index contributed by atoms with van der Waals surface area (Å²) in [5, 5.41) is 2.52. The first-order valence-electron chi connectivity index (χ1n) is 13.5. The molecule has 0 saturated carbocycles. The van der Waals surface area contributed by atoms with E-state index in [1.54, 1.807) is 0 Å². The molecular formula is C34H41BrSi. The zero-order valence-electron chi connectivity index (χ0n) is 23.1. The number of benzene rings is 3. The highest BCUT2D eigenvalue weighted by atomic mass is 79.9. The van der Waals surface area contributed by atoms with Crippen LogP contribution in [0.25, 0.3) is 22.4 Å². The molecule has 0 atom stereocenters. The summed E-state index contributed by atoms with van der Waals surface area (Å²) in [5.41, 5.74) is 14.3. The predicted molar refractivity (Wildman–Crippen MR) is 167 cm³/mol. The van der Waals surface area contributed by atoms with Crippen molar-refractivity contribution >= 4 is 46.4 Å². The van der Waals surface area contributed by atoms with Crippen LogP contribution in [0.15, 0.2) is 70.9 Å². The number of rotatable bonds is 8. The van der Waals surface area contributed by atoms with Gasteiger partial charge in [0.25, 0.3) is 0 Å². The van der Waals surface area contributed by atoms with Crippen LogP contribution in [0.1, 0.15) is 84.4 Å². The fraction of sp³-hybridized carbons (Fsp3) is 0.382. The Kier molecular flexibility index (Phi) is 10.0. The molecule has 3 rings (SSSR count). The van der Waals surface area contributed by atoms with Gasteiger partial charge < -0.3 is 0 Å². The molecule has 3 aromatic carbocycles. The summed E-state index contributed by atoms with van der Waals surface area (Å²) >= 11 is 3.73. The molecule has 0 saturated heterocycles. The van der Waals surface area contributed by atoms with Gasteiger partial charge in [-0.1, -0.05) is 125 Å². The fourth-order valence-corrected chi connectivity index (χ4v) is 11.4. The average molecular weight is 558 g/mol. The van der Waals surface area contributed by atoms with Crippen molar-refractivity contribution in [3.63, 3.8) is 0 Å². The highest BCUT2D eigenvalue weighted by Gasteiger charge is 2.41. The van der Waals surface area contributed by atoms with E-state index in [2.05, 4.69) is 148 Å². The highest BCUT2D eigenvalue weighted by molar-refractivity contribution is 9.10. The molecule has 0 spiro atoms. The smallest absolute Gasteiger partial charge is 0.125 e. The van der Waals surface area contributed by atoms with Crippen LogP contribution in [0.5, 0.6) is 0 Å². The van der Waals surface area contributed by atoms with E-state index in [1.807, 2.05) is 0 Å². The number of halogens is 1. The Labute approximate surface area is 229 Å². The van der Waals surface area contributed by atoms with Crippen LogP contribution in [0.4, 0.5) is 0 Å². The molecule has 0 aliphatic rings. The van der Waals surface area contributed by atoms with E-state index in [-0.39, 0.29) is 0 Å². The highest BCUT2D eigenvalue weighted by Crippen LogP contribution is 2.41. The Morgan fingerprint density at radius 1 is 0.833 bits per heavy atom. The molecule has 0 radical (unpaired) electrons. The van der Waals surface area contributed by atoms with Crippen LogP contribution in [-0.4, -0.2) is 8.07 Å². The third-order valence-electron chi connectivity index (χ3n) is 7.62. The largest absolute Gasteiger partial charge is 0.146 e. The van der Waals surface area contributed by atoms with Crippen LogP contribution in [0.3, 0.4) is 0 Å². The summed E-state index contributed by atoms with van der Waals surface area (Å²) < 4.78 is 1.13. The maximum Gasteiger partial charge on any atom is 0.146 e. The molecule has 0 bridgehead atoms. The number of hydrogen-bond donors (Lipinski definition) is 0. The minimum Gasteiger partial charge on any atom is -0.125 e. The standard InChI is InChI=1S/C34H41BrSi/c1-8-9-14-30(31-21-22-34(35)33-18-13-12-17-32(31)33)20-19-28-15-10-11-16-29(28)23-24-36(25(2)3,26(4)5)27(6)7/h10-13,15-19,21-22,25-27H,8-9,14H2,1-7H3. The molecule has 0 aromatic heterocycles. The Hall–Kier alpha value is -2.30. The van der Waals surface area contributed by atoms with Gasteiger partial charge in [-0.3, -0.25) is 0 Å². The molecule has 0 aliphatic heterocycles. The number of fused-ring (bicyclic) bond motifs is 1. The molecule has 0 nitrogen and oxygen atoms in total. The van der Waals surface area contributed by atoms with Gasteiger partial charge in [0.1, 0.15) is 8.07 Å². The second-order valence-corrected chi connectivity index (χ2v) is 17.2. The fourth-order valence-electron chi connectivity index (χ4n) is 5.67. The van der Waals surface area contributed by atoms with Gasteiger partial charge in [0.15, 0.2) is 0 Å². The maximum absolute atomic E-state index is 3.90. The molecule has 0 fully saturated rings. The van der Waals surface area contributed by atoms with Crippen molar-refractivity contribution in [3.05, 3.63) is 87.6 Å². The van der Waals surface area contributed by atoms with Crippen molar-refractivity contribution in [2.45, 2.75) is 84.4 Å². The summed E-state index contributed by atoms with van der Waals surface area (Å²) in [6, 6.07) is 21.6. The topological polar surface area (TPSA) is 0 Å². The Morgan fingerprint density at radius 2 is 1.44 bits per heavy atom. The molecule has 0 N–H and O–H groups in total. The van der Waals surface area contributed by atoms with Crippen LogP contribution in [-0.2, 0) is 0 Å². The zero-order valence-corrected chi connectivity index (χ0v) is 25.7. The third-order valence-corrected chi connectivity index (χ3v) is 14.6. The van der Waals surface area contributed by atoms with E-state index >= 15 is 0 Å².